The molecule has 1 saturated heterocycles. The number of amides is 1. The lowest BCUT2D eigenvalue weighted by Crippen LogP contribution is -2.36. The van der Waals surface area contributed by atoms with E-state index in [1.807, 2.05) is 0 Å². The molecule has 1 aromatic carbocycles. The highest BCUT2D eigenvalue weighted by molar-refractivity contribution is 9.10. The number of ether oxygens (including phenoxy) is 1. The molecule has 4 atom stereocenters. The summed E-state index contributed by atoms with van der Waals surface area (Å²) < 4.78 is 5.91. The van der Waals surface area contributed by atoms with E-state index in [0.717, 1.165) is 0 Å². The number of hydrogen-bond donors (Lipinski definition) is 2. The molecule has 2 aliphatic rings. The molecule has 2 N–H and O–H groups in total. The molecule has 0 aromatic heterocycles. The SMILES string of the molecule is O=C(O)C(NC(=O)C1[C@H]2COC[C@@H]12)c1ccccc1Br. The molecule has 3 rings (SSSR count). The summed E-state index contributed by atoms with van der Waals surface area (Å²) in [5, 5.41) is 12.0. The van der Waals surface area contributed by atoms with Crippen molar-refractivity contribution in [3.8, 4) is 0 Å². The van der Waals surface area contributed by atoms with E-state index in [4.69, 9.17) is 4.74 Å². The van der Waals surface area contributed by atoms with Gasteiger partial charge < -0.3 is 15.2 Å². The summed E-state index contributed by atoms with van der Waals surface area (Å²) in [6.45, 7) is 1.21. The zero-order valence-corrected chi connectivity index (χ0v) is 12.2. The number of aliphatic carboxylic acids is 1. The number of carbonyl (C=O) groups excluding carboxylic acids is 1. The molecule has 0 radical (unpaired) electrons. The minimum atomic E-state index is -1.06. The Morgan fingerprint density at radius 3 is 2.55 bits per heavy atom. The fraction of sp³-hybridized carbons (Fsp3) is 0.429. The lowest BCUT2D eigenvalue weighted by atomic mass is 10.1. The quantitative estimate of drug-likeness (QED) is 0.873. The molecule has 6 heteroatoms. The maximum absolute atomic E-state index is 12.2. The van der Waals surface area contributed by atoms with Crippen LogP contribution in [0, 0.1) is 17.8 Å². The van der Waals surface area contributed by atoms with Crippen molar-refractivity contribution >= 4 is 27.8 Å². The first-order valence-electron chi connectivity index (χ1n) is 6.45. The number of rotatable bonds is 4. The Bertz CT molecular complexity index is 552. The second kappa shape index (κ2) is 5.18. The highest BCUT2D eigenvalue weighted by atomic mass is 79.9. The number of carboxylic acid groups (broad SMARTS) is 1. The summed E-state index contributed by atoms with van der Waals surface area (Å²) >= 11 is 3.32. The van der Waals surface area contributed by atoms with Crippen molar-refractivity contribution in [1.82, 2.24) is 5.32 Å². The van der Waals surface area contributed by atoms with E-state index in [1.165, 1.54) is 0 Å². The average Bonchev–Trinajstić information content (AvgIpc) is 2.90. The number of benzene rings is 1. The topological polar surface area (TPSA) is 75.6 Å². The Hall–Kier alpha value is -1.40. The summed E-state index contributed by atoms with van der Waals surface area (Å²) in [5.74, 6) is -0.806. The molecule has 1 amide bonds. The first kappa shape index (κ1) is 13.6. The van der Waals surface area contributed by atoms with Crippen molar-refractivity contribution in [2.45, 2.75) is 6.04 Å². The van der Waals surface area contributed by atoms with E-state index in [0.29, 0.717) is 23.2 Å². The summed E-state index contributed by atoms with van der Waals surface area (Å²) in [6, 6.07) is 5.98. The molecule has 0 bridgehead atoms. The van der Waals surface area contributed by atoms with Gasteiger partial charge in [-0.1, -0.05) is 34.1 Å². The van der Waals surface area contributed by atoms with Gasteiger partial charge in [0, 0.05) is 10.4 Å². The van der Waals surface area contributed by atoms with Gasteiger partial charge in [-0.25, -0.2) is 4.79 Å². The van der Waals surface area contributed by atoms with Gasteiger partial charge in [0.15, 0.2) is 6.04 Å². The second-order valence-electron chi connectivity index (χ2n) is 5.19. The molecule has 1 saturated carbocycles. The van der Waals surface area contributed by atoms with Crippen LogP contribution in [0.2, 0.25) is 0 Å². The molecule has 0 spiro atoms. The van der Waals surface area contributed by atoms with Crippen molar-refractivity contribution in [2.24, 2.45) is 17.8 Å². The van der Waals surface area contributed by atoms with Gasteiger partial charge in [-0.15, -0.1) is 0 Å². The monoisotopic (exact) mass is 339 g/mol. The molecule has 1 heterocycles. The van der Waals surface area contributed by atoms with Gasteiger partial charge in [0.25, 0.3) is 0 Å². The normalized spacial score (nSPS) is 28.6. The lowest BCUT2D eigenvalue weighted by Gasteiger charge is -2.17. The van der Waals surface area contributed by atoms with Crippen LogP contribution >= 0.6 is 15.9 Å². The molecule has 20 heavy (non-hydrogen) atoms. The van der Waals surface area contributed by atoms with Crippen molar-refractivity contribution in [1.29, 1.82) is 0 Å². The smallest absolute Gasteiger partial charge is 0.330 e. The number of carboxylic acids is 1. The minimum absolute atomic E-state index is 0.0897. The van der Waals surface area contributed by atoms with Crippen LogP contribution in [0.15, 0.2) is 28.7 Å². The van der Waals surface area contributed by atoms with Crippen LogP contribution in [0.3, 0.4) is 0 Å². The summed E-state index contributed by atoms with van der Waals surface area (Å²) in [5.41, 5.74) is 0.551. The summed E-state index contributed by atoms with van der Waals surface area (Å²) in [7, 11) is 0. The molecule has 2 unspecified atom stereocenters. The van der Waals surface area contributed by atoms with E-state index in [2.05, 4.69) is 21.2 Å². The van der Waals surface area contributed by atoms with Crippen LogP contribution in [-0.2, 0) is 14.3 Å². The third kappa shape index (κ3) is 2.33. The molecule has 2 fully saturated rings. The van der Waals surface area contributed by atoms with Crippen LogP contribution in [0.5, 0.6) is 0 Å². The number of carbonyl (C=O) groups is 2. The van der Waals surface area contributed by atoms with Crippen molar-refractivity contribution in [2.75, 3.05) is 13.2 Å². The first-order valence-corrected chi connectivity index (χ1v) is 7.24. The molecule has 5 nitrogen and oxygen atoms in total. The number of fused-ring (bicyclic) bond motifs is 1. The van der Waals surface area contributed by atoms with Gasteiger partial charge >= 0.3 is 5.97 Å². The largest absolute Gasteiger partial charge is 0.479 e. The van der Waals surface area contributed by atoms with E-state index in [1.54, 1.807) is 24.3 Å². The van der Waals surface area contributed by atoms with Gasteiger partial charge in [-0.05, 0) is 23.5 Å². The number of nitrogens with one attached hydrogen (secondary N) is 1. The van der Waals surface area contributed by atoms with E-state index in [-0.39, 0.29) is 23.7 Å². The first-order chi connectivity index (χ1) is 9.59. The van der Waals surface area contributed by atoms with Gasteiger partial charge in [0.1, 0.15) is 0 Å². The van der Waals surface area contributed by atoms with Crippen molar-refractivity contribution < 1.29 is 19.4 Å². The Kier molecular flexibility index (Phi) is 3.52. The predicted molar refractivity (Wildman–Crippen MR) is 74.0 cm³/mol. The highest BCUT2D eigenvalue weighted by Gasteiger charge is 2.58. The van der Waals surface area contributed by atoms with Gasteiger partial charge in [-0.3, -0.25) is 4.79 Å². The Labute approximate surface area is 124 Å². The van der Waals surface area contributed by atoms with Crippen LogP contribution in [0.25, 0.3) is 0 Å². The molecule has 106 valence electrons. The Morgan fingerprint density at radius 1 is 1.30 bits per heavy atom. The predicted octanol–water partition coefficient (Wildman–Crippen LogP) is 1.58. The van der Waals surface area contributed by atoms with Crippen molar-refractivity contribution in [3.63, 3.8) is 0 Å². The Balaban J connectivity index is 1.74. The van der Waals surface area contributed by atoms with Crippen LogP contribution < -0.4 is 5.32 Å². The van der Waals surface area contributed by atoms with Crippen molar-refractivity contribution in [3.05, 3.63) is 34.3 Å². The number of hydrogen-bond acceptors (Lipinski definition) is 3. The molecule has 1 aliphatic heterocycles. The van der Waals surface area contributed by atoms with Crippen LogP contribution in [0.4, 0.5) is 0 Å². The third-order valence-corrected chi connectivity index (χ3v) is 4.73. The highest BCUT2D eigenvalue weighted by Crippen LogP contribution is 2.50. The van der Waals surface area contributed by atoms with E-state index in [9.17, 15) is 14.7 Å². The molecule has 1 aliphatic carbocycles. The Morgan fingerprint density at radius 2 is 1.95 bits per heavy atom. The minimum Gasteiger partial charge on any atom is -0.479 e. The third-order valence-electron chi connectivity index (χ3n) is 4.00. The average molecular weight is 340 g/mol. The molecule has 1 aromatic rings. The van der Waals surface area contributed by atoms with Gasteiger partial charge in [0.2, 0.25) is 5.91 Å². The fourth-order valence-electron chi connectivity index (χ4n) is 2.85. The number of halogens is 1. The second-order valence-corrected chi connectivity index (χ2v) is 6.05. The summed E-state index contributed by atoms with van der Waals surface area (Å²) in [6.07, 6.45) is 0. The fourth-order valence-corrected chi connectivity index (χ4v) is 3.36. The summed E-state index contributed by atoms with van der Waals surface area (Å²) in [4.78, 5) is 23.6. The molecular weight excluding hydrogens is 326 g/mol. The maximum atomic E-state index is 12.2. The van der Waals surface area contributed by atoms with Crippen LogP contribution in [0.1, 0.15) is 11.6 Å². The van der Waals surface area contributed by atoms with Crippen LogP contribution in [-0.4, -0.2) is 30.2 Å². The van der Waals surface area contributed by atoms with Gasteiger partial charge in [-0.2, -0.15) is 0 Å². The lowest BCUT2D eigenvalue weighted by molar-refractivity contribution is -0.142. The zero-order chi connectivity index (χ0) is 14.3. The van der Waals surface area contributed by atoms with E-state index >= 15 is 0 Å². The standard InChI is InChI=1S/C14H14BrNO4/c15-10-4-2-1-3-7(10)12(14(18)19)16-13(17)11-8-5-20-6-9(8)11/h1-4,8-9,11-12H,5-6H2,(H,16,17)(H,18,19)/t8-,9+,11?,12?. The zero-order valence-electron chi connectivity index (χ0n) is 10.6. The maximum Gasteiger partial charge on any atom is 0.330 e. The van der Waals surface area contributed by atoms with E-state index < -0.39 is 12.0 Å². The molecular formula is C14H14BrNO4. The van der Waals surface area contributed by atoms with Gasteiger partial charge in [0.05, 0.1) is 13.2 Å².